The van der Waals surface area contributed by atoms with Crippen molar-refractivity contribution in [3.8, 4) is 10.6 Å². The van der Waals surface area contributed by atoms with E-state index in [2.05, 4.69) is 32.8 Å². The summed E-state index contributed by atoms with van der Waals surface area (Å²) in [4.78, 5) is 0. The van der Waals surface area contributed by atoms with Crippen LogP contribution >= 0.6 is 45.5 Å². The summed E-state index contributed by atoms with van der Waals surface area (Å²) in [5.41, 5.74) is 2.24. The zero-order valence-electron chi connectivity index (χ0n) is 7.29. The largest absolute Gasteiger partial charge is 0.178 e. The molecule has 1 aromatic carbocycles. The van der Waals surface area contributed by atoms with Crippen molar-refractivity contribution in [3.05, 3.63) is 31.8 Å². The van der Waals surface area contributed by atoms with Crippen LogP contribution in [0.15, 0.2) is 18.2 Å². The van der Waals surface area contributed by atoms with Crippen LogP contribution in [-0.2, 0) is 0 Å². The highest BCUT2D eigenvalue weighted by Gasteiger charge is 2.07. The molecule has 0 atom stereocenters. The fraction of sp³-hybridized carbons (Fsp3) is 0.111. The minimum atomic E-state index is 0.732. The molecular weight excluding hydrogens is 331 g/mol. The van der Waals surface area contributed by atoms with Crippen LogP contribution in [0, 0.1) is 9.94 Å². The summed E-state index contributed by atoms with van der Waals surface area (Å²) in [7, 11) is 0. The average Bonchev–Trinajstić information content (AvgIpc) is 2.56. The molecule has 0 radical (unpaired) electrons. The number of hydrogen-bond acceptors (Lipinski definition) is 3. The Morgan fingerprint density at radius 1 is 1.36 bits per heavy atom. The van der Waals surface area contributed by atoms with E-state index in [4.69, 9.17) is 11.6 Å². The number of rotatable bonds is 1. The maximum absolute atomic E-state index is 5.93. The molecule has 0 aliphatic carbocycles. The Labute approximate surface area is 104 Å². The van der Waals surface area contributed by atoms with Gasteiger partial charge in [0.1, 0.15) is 5.01 Å². The van der Waals surface area contributed by atoms with E-state index in [-0.39, 0.29) is 0 Å². The molecule has 1 aromatic heterocycles. The van der Waals surface area contributed by atoms with Gasteiger partial charge in [0.25, 0.3) is 0 Å². The Morgan fingerprint density at radius 3 is 2.79 bits per heavy atom. The topological polar surface area (TPSA) is 25.8 Å². The predicted octanol–water partition coefficient (Wildman–Crippen LogP) is 3.77. The lowest BCUT2D eigenvalue weighted by Gasteiger charge is -2.00. The normalized spacial score (nSPS) is 10.5. The van der Waals surface area contributed by atoms with Gasteiger partial charge < -0.3 is 0 Å². The first-order chi connectivity index (χ1) is 6.66. The smallest absolute Gasteiger partial charge is 0.137 e. The van der Waals surface area contributed by atoms with Crippen LogP contribution in [0.3, 0.4) is 0 Å². The van der Waals surface area contributed by atoms with Crippen LogP contribution < -0.4 is 0 Å². The lowest BCUT2D eigenvalue weighted by molar-refractivity contribution is 1.07. The molecule has 0 unspecified atom stereocenters. The Hall–Kier alpha value is -0.200. The Bertz CT molecular complexity index is 470. The van der Waals surface area contributed by atoms with Crippen molar-refractivity contribution in [2.24, 2.45) is 0 Å². The first-order valence-electron chi connectivity index (χ1n) is 3.92. The zero-order chi connectivity index (χ0) is 10.1. The van der Waals surface area contributed by atoms with Crippen LogP contribution in [-0.4, -0.2) is 10.2 Å². The molecule has 14 heavy (non-hydrogen) atoms. The van der Waals surface area contributed by atoms with Gasteiger partial charge in [0.05, 0.1) is 0 Å². The van der Waals surface area contributed by atoms with Gasteiger partial charge in [-0.2, -0.15) is 0 Å². The van der Waals surface area contributed by atoms with E-state index in [9.17, 15) is 0 Å². The van der Waals surface area contributed by atoms with Gasteiger partial charge in [-0.1, -0.05) is 29.0 Å². The third-order valence-corrected chi connectivity index (χ3v) is 3.69. The van der Waals surface area contributed by atoms with Crippen LogP contribution in [0.1, 0.15) is 5.56 Å². The third-order valence-electron chi connectivity index (χ3n) is 1.83. The lowest BCUT2D eigenvalue weighted by Crippen LogP contribution is -1.82. The minimum Gasteiger partial charge on any atom is -0.137 e. The van der Waals surface area contributed by atoms with Crippen molar-refractivity contribution in [1.82, 2.24) is 10.2 Å². The maximum Gasteiger partial charge on any atom is 0.178 e. The Balaban J connectivity index is 2.55. The van der Waals surface area contributed by atoms with Crippen molar-refractivity contribution in [2.75, 3.05) is 0 Å². The summed E-state index contributed by atoms with van der Waals surface area (Å²) in [6.07, 6.45) is 0. The van der Waals surface area contributed by atoms with Gasteiger partial charge in [-0.25, -0.2) is 0 Å². The van der Waals surface area contributed by atoms with Gasteiger partial charge in [0, 0.05) is 10.6 Å². The first-order valence-corrected chi connectivity index (χ1v) is 6.19. The molecule has 0 amide bonds. The van der Waals surface area contributed by atoms with Crippen molar-refractivity contribution in [1.29, 1.82) is 0 Å². The Morgan fingerprint density at radius 2 is 2.14 bits per heavy atom. The van der Waals surface area contributed by atoms with Crippen molar-refractivity contribution in [3.63, 3.8) is 0 Å². The molecule has 0 fully saturated rings. The van der Waals surface area contributed by atoms with Crippen LogP contribution in [0.5, 0.6) is 0 Å². The lowest BCUT2D eigenvalue weighted by atomic mass is 10.1. The molecule has 0 aliphatic rings. The molecule has 2 rings (SSSR count). The molecule has 72 valence electrons. The quantitative estimate of drug-likeness (QED) is 0.741. The monoisotopic (exact) mass is 336 g/mol. The molecule has 0 saturated carbocycles. The molecule has 2 nitrogen and oxygen atoms in total. The molecule has 0 saturated heterocycles. The SMILES string of the molecule is Cc1ccc(Cl)cc1-c1nnc(I)s1. The van der Waals surface area contributed by atoms with Crippen molar-refractivity contribution >= 4 is 45.5 Å². The molecular formula is C9H6ClIN2S. The van der Waals surface area contributed by atoms with E-state index in [1.165, 1.54) is 5.56 Å². The van der Waals surface area contributed by atoms with Crippen LogP contribution in [0.4, 0.5) is 0 Å². The van der Waals surface area contributed by atoms with Gasteiger partial charge in [-0.15, -0.1) is 10.2 Å². The second kappa shape index (κ2) is 4.12. The Kier molecular flexibility index (Phi) is 3.04. The molecule has 0 N–H and O–H groups in total. The van der Waals surface area contributed by atoms with Crippen molar-refractivity contribution in [2.45, 2.75) is 6.92 Å². The van der Waals surface area contributed by atoms with Gasteiger partial charge in [-0.05, 0) is 47.2 Å². The fourth-order valence-corrected chi connectivity index (χ4v) is 2.70. The van der Waals surface area contributed by atoms with Gasteiger partial charge in [-0.3, -0.25) is 0 Å². The molecule has 5 heteroatoms. The molecule has 1 heterocycles. The maximum atomic E-state index is 5.93. The van der Waals surface area contributed by atoms with E-state index in [1.54, 1.807) is 11.3 Å². The summed E-state index contributed by atoms with van der Waals surface area (Å²) >= 11 is 9.66. The number of aryl methyl sites for hydroxylation is 1. The number of nitrogens with zero attached hydrogens (tertiary/aromatic N) is 2. The molecule has 0 bridgehead atoms. The number of aromatic nitrogens is 2. The van der Waals surface area contributed by atoms with Crippen LogP contribution in [0.2, 0.25) is 5.02 Å². The zero-order valence-corrected chi connectivity index (χ0v) is 11.0. The molecule has 2 aromatic rings. The number of benzene rings is 1. The highest BCUT2D eigenvalue weighted by molar-refractivity contribution is 14.1. The van der Waals surface area contributed by atoms with E-state index < -0.39 is 0 Å². The van der Waals surface area contributed by atoms with Gasteiger partial charge in [0.15, 0.2) is 3.01 Å². The number of halogens is 2. The van der Waals surface area contributed by atoms with E-state index in [0.29, 0.717) is 0 Å². The van der Waals surface area contributed by atoms with Gasteiger partial charge in [0.2, 0.25) is 0 Å². The van der Waals surface area contributed by atoms with E-state index in [0.717, 1.165) is 18.6 Å². The average molecular weight is 337 g/mol. The van der Waals surface area contributed by atoms with Crippen LogP contribution in [0.25, 0.3) is 10.6 Å². The summed E-state index contributed by atoms with van der Waals surface area (Å²) < 4.78 is 0.942. The summed E-state index contributed by atoms with van der Waals surface area (Å²) in [5.74, 6) is 0. The highest BCUT2D eigenvalue weighted by atomic mass is 127. The third kappa shape index (κ3) is 2.07. The van der Waals surface area contributed by atoms with E-state index in [1.807, 2.05) is 25.1 Å². The predicted molar refractivity (Wildman–Crippen MR) is 67.8 cm³/mol. The number of hydrogen-bond donors (Lipinski definition) is 0. The standard InChI is InChI=1S/C9H6ClIN2S/c1-5-2-3-6(10)4-7(5)8-12-13-9(11)14-8/h2-4H,1H3. The second-order valence-corrected chi connectivity index (χ2v) is 5.99. The molecule has 0 aliphatic heterocycles. The fourth-order valence-electron chi connectivity index (χ4n) is 1.14. The minimum absolute atomic E-state index is 0.732. The first kappa shape index (κ1) is 10.3. The van der Waals surface area contributed by atoms with Crippen molar-refractivity contribution < 1.29 is 0 Å². The summed E-state index contributed by atoms with van der Waals surface area (Å²) in [6.45, 7) is 2.04. The summed E-state index contributed by atoms with van der Waals surface area (Å²) in [5, 5.41) is 9.72. The van der Waals surface area contributed by atoms with E-state index >= 15 is 0 Å². The highest BCUT2D eigenvalue weighted by Crippen LogP contribution is 2.29. The second-order valence-electron chi connectivity index (χ2n) is 2.82. The molecule has 0 spiro atoms. The van der Waals surface area contributed by atoms with Gasteiger partial charge >= 0.3 is 0 Å². The summed E-state index contributed by atoms with van der Waals surface area (Å²) in [6, 6.07) is 5.80.